The quantitative estimate of drug-likeness (QED) is 0.202. The van der Waals surface area contributed by atoms with Crippen LogP contribution in [0.15, 0.2) is 65.8 Å². The van der Waals surface area contributed by atoms with Gasteiger partial charge in [0.25, 0.3) is 5.91 Å². The van der Waals surface area contributed by atoms with E-state index in [1.807, 2.05) is 6.92 Å². The van der Waals surface area contributed by atoms with Crippen LogP contribution < -0.4 is 19.6 Å². The lowest BCUT2D eigenvalue weighted by molar-refractivity contribution is -0.385. The molecule has 0 aromatic heterocycles. The minimum atomic E-state index is -4.74. The Morgan fingerprint density at radius 1 is 1.00 bits per heavy atom. The molecule has 1 N–H and O–H groups in total. The maximum absolute atomic E-state index is 12.9. The summed E-state index contributed by atoms with van der Waals surface area (Å²) in [6.45, 7) is 4.46. The zero-order valence-corrected chi connectivity index (χ0v) is 19.7. The van der Waals surface area contributed by atoms with Crippen molar-refractivity contribution in [2.24, 2.45) is 5.10 Å². The zero-order valence-electron chi connectivity index (χ0n) is 19.7. The Bertz CT molecular complexity index is 1310. The number of nitrogens with zero attached hydrogens (tertiary/aromatic N) is 2. The molecule has 0 unspecified atom stereocenters. The summed E-state index contributed by atoms with van der Waals surface area (Å²) in [4.78, 5) is 22.8. The van der Waals surface area contributed by atoms with Gasteiger partial charge in [-0.1, -0.05) is 12.1 Å². The lowest BCUT2D eigenvalue weighted by Crippen LogP contribution is -2.17. The first-order chi connectivity index (χ1) is 17.6. The fraction of sp³-hybridized carbons (Fsp3) is 0.200. The highest BCUT2D eigenvalue weighted by atomic mass is 19.4. The maximum Gasteiger partial charge on any atom is 0.416 e. The Balaban J connectivity index is 1.72. The van der Waals surface area contributed by atoms with Crippen molar-refractivity contribution in [1.29, 1.82) is 0 Å². The molecular weight excluding hydrogens is 495 g/mol. The summed E-state index contributed by atoms with van der Waals surface area (Å²) < 4.78 is 55.2. The van der Waals surface area contributed by atoms with Gasteiger partial charge in [-0.3, -0.25) is 14.9 Å². The minimum Gasteiger partial charge on any atom is -0.490 e. The Hall–Kier alpha value is -4.61. The molecule has 0 saturated heterocycles. The third-order valence-corrected chi connectivity index (χ3v) is 4.75. The summed E-state index contributed by atoms with van der Waals surface area (Å²) in [7, 11) is 0. The van der Waals surface area contributed by atoms with Crippen LogP contribution in [-0.2, 0) is 6.18 Å². The highest BCUT2D eigenvalue weighted by Crippen LogP contribution is 2.38. The molecule has 0 heterocycles. The van der Waals surface area contributed by atoms with Gasteiger partial charge in [-0.25, -0.2) is 5.43 Å². The molecule has 0 bridgehead atoms. The summed E-state index contributed by atoms with van der Waals surface area (Å²) in [5, 5.41) is 15.2. The first-order valence-corrected chi connectivity index (χ1v) is 11.0. The van der Waals surface area contributed by atoms with E-state index in [0.717, 1.165) is 6.07 Å². The van der Waals surface area contributed by atoms with Gasteiger partial charge < -0.3 is 14.2 Å². The average Bonchev–Trinajstić information content (AvgIpc) is 2.85. The standard InChI is InChI=1S/C25H22F3N3O6/c1-3-35-22-10-8-17(13-23(22)36-4-2)24(32)30-29-15-16-6-5-7-19(12-16)37-21-11-9-18(25(26,27)28)14-20(21)31(33)34/h5-15H,3-4H2,1-2H3,(H,30,32)/b29-15+. The number of rotatable bonds is 10. The third-order valence-electron chi connectivity index (χ3n) is 4.75. The highest BCUT2D eigenvalue weighted by Gasteiger charge is 2.33. The molecule has 0 spiro atoms. The lowest BCUT2D eigenvalue weighted by atomic mass is 10.2. The number of alkyl halides is 3. The Morgan fingerprint density at radius 2 is 1.70 bits per heavy atom. The topological polar surface area (TPSA) is 112 Å². The SMILES string of the molecule is CCOc1ccc(C(=O)N/N=C/c2cccc(Oc3ccc(C(F)(F)F)cc3[N+](=O)[O-])c2)cc1OCC. The van der Waals surface area contributed by atoms with E-state index in [4.69, 9.17) is 14.2 Å². The normalized spacial score (nSPS) is 11.3. The first kappa shape index (κ1) is 27.0. The van der Waals surface area contributed by atoms with Crippen molar-refractivity contribution in [3.63, 3.8) is 0 Å². The predicted octanol–water partition coefficient (Wildman–Crippen LogP) is 5.97. The number of ether oxygens (including phenoxy) is 3. The van der Waals surface area contributed by atoms with Gasteiger partial charge in [0.15, 0.2) is 11.5 Å². The molecule has 0 fully saturated rings. The van der Waals surface area contributed by atoms with Gasteiger partial charge >= 0.3 is 11.9 Å². The second-order valence-corrected chi connectivity index (χ2v) is 7.34. The van der Waals surface area contributed by atoms with Crippen molar-refractivity contribution >= 4 is 17.8 Å². The molecule has 0 aliphatic heterocycles. The summed E-state index contributed by atoms with van der Waals surface area (Å²) in [5.74, 6) is 0.178. The number of nitro groups is 1. The molecule has 3 aromatic rings. The maximum atomic E-state index is 12.9. The Kier molecular flexibility index (Phi) is 8.67. The number of nitrogens with one attached hydrogen (secondary N) is 1. The number of halogens is 3. The van der Waals surface area contributed by atoms with Crippen LogP contribution >= 0.6 is 0 Å². The van der Waals surface area contributed by atoms with Crippen molar-refractivity contribution in [3.05, 3.63) is 87.5 Å². The summed E-state index contributed by atoms with van der Waals surface area (Å²) >= 11 is 0. The highest BCUT2D eigenvalue weighted by molar-refractivity contribution is 5.95. The Morgan fingerprint density at radius 3 is 2.38 bits per heavy atom. The molecule has 0 aliphatic rings. The number of hydrazone groups is 1. The molecule has 0 saturated carbocycles. The van der Waals surface area contributed by atoms with Crippen molar-refractivity contribution < 1.29 is 37.1 Å². The van der Waals surface area contributed by atoms with Gasteiger partial charge in [0, 0.05) is 11.6 Å². The molecule has 1 amide bonds. The molecule has 3 aromatic carbocycles. The second kappa shape index (κ2) is 11.9. The van der Waals surface area contributed by atoms with Gasteiger partial charge in [0.05, 0.1) is 29.9 Å². The number of nitro benzene ring substituents is 1. The number of benzene rings is 3. The van der Waals surface area contributed by atoms with Crippen LogP contribution in [0.3, 0.4) is 0 Å². The monoisotopic (exact) mass is 517 g/mol. The van der Waals surface area contributed by atoms with Crippen LogP contribution in [0, 0.1) is 10.1 Å². The van der Waals surface area contributed by atoms with Gasteiger partial charge in [-0.15, -0.1) is 0 Å². The first-order valence-electron chi connectivity index (χ1n) is 11.0. The molecule has 12 heteroatoms. The summed E-state index contributed by atoms with van der Waals surface area (Å²) in [6, 6.07) is 12.8. The smallest absolute Gasteiger partial charge is 0.416 e. The number of carbonyl (C=O) groups excluding carboxylic acids is 1. The number of hydrogen-bond acceptors (Lipinski definition) is 7. The van der Waals surface area contributed by atoms with E-state index < -0.39 is 28.3 Å². The zero-order chi connectivity index (χ0) is 27.0. The van der Waals surface area contributed by atoms with Crippen molar-refractivity contribution in [1.82, 2.24) is 5.43 Å². The fourth-order valence-electron chi connectivity index (χ4n) is 3.13. The van der Waals surface area contributed by atoms with Crippen LogP contribution in [0.1, 0.15) is 35.3 Å². The van der Waals surface area contributed by atoms with E-state index >= 15 is 0 Å². The third kappa shape index (κ3) is 7.19. The minimum absolute atomic E-state index is 0.117. The molecule has 0 aliphatic carbocycles. The average molecular weight is 517 g/mol. The predicted molar refractivity (Wildman–Crippen MR) is 128 cm³/mol. The van der Waals surface area contributed by atoms with E-state index in [0.29, 0.717) is 42.4 Å². The lowest BCUT2D eigenvalue weighted by Gasteiger charge is -2.11. The van der Waals surface area contributed by atoms with Gasteiger partial charge in [-0.2, -0.15) is 18.3 Å². The molecule has 37 heavy (non-hydrogen) atoms. The van der Waals surface area contributed by atoms with E-state index in [-0.39, 0.29) is 17.1 Å². The van der Waals surface area contributed by atoms with Gasteiger partial charge in [-0.05, 0) is 61.9 Å². The summed E-state index contributed by atoms with van der Waals surface area (Å²) in [5.41, 5.74) is 1.13. The van der Waals surface area contributed by atoms with Gasteiger partial charge in [0.2, 0.25) is 5.75 Å². The van der Waals surface area contributed by atoms with Crippen LogP contribution in [0.25, 0.3) is 0 Å². The fourth-order valence-corrected chi connectivity index (χ4v) is 3.13. The second-order valence-electron chi connectivity index (χ2n) is 7.34. The van der Waals surface area contributed by atoms with E-state index in [9.17, 15) is 28.1 Å². The molecular formula is C25H22F3N3O6. The van der Waals surface area contributed by atoms with Crippen molar-refractivity contribution in [2.75, 3.05) is 13.2 Å². The van der Waals surface area contributed by atoms with E-state index in [1.165, 1.54) is 24.4 Å². The summed E-state index contributed by atoms with van der Waals surface area (Å²) in [6.07, 6.45) is -3.43. The molecule has 9 nitrogen and oxygen atoms in total. The van der Waals surface area contributed by atoms with E-state index in [1.54, 1.807) is 31.2 Å². The van der Waals surface area contributed by atoms with Crippen molar-refractivity contribution in [2.45, 2.75) is 20.0 Å². The van der Waals surface area contributed by atoms with E-state index in [2.05, 4.69) is 10.5 Å². The van der Waals surface area contributed by atoms with Crippen LogP contribution in [0.2, 0.25) is 0 Å². The van der Waals surface area contributed by atoms with Crippen LogP contribution in [0.4, 0.5) is 18.9 Å². The number of carbonyl (C=O) groups is 1. The Labute approximate surface area is 209 Å². The molecule has 0 atom stereocenters. The molecule has 194 valence electrons. The van der Waals surface area contributed by atoms with Crippen molar-refractivity contribution in [3.8, 4) is 23.0 Å². The van der Waals surface area contributed by atoms with Gasteiger partial charge in [0.1, 0.15) is 5.75 Å². The molecule has 3 rings (SSSR count). The number of hydrogen-bond donors (Lipinski definition) is 1. The van der Waals surface area contributed by atoms with Crippen LogP contribution in [0.5, 0.6) is 23.0 Å². The number of amides is 1. The largest absolute Gasteiger partial charge is 0.490 e. The van der Waals surface area contributed by atoms with Crippen LogP contribution in [-0.4, -0.2) is 30.3 Å². The molecule has 0 radical (unpaired) electrons.